The van der Waals surface area contributed by atoms with Crippen LogP contribution in [0.25, 0.3) is 0 Å². The Morgan fingerprint density at radius 2 is 1.62 bits per heavy atom. The summed E-state index contributed by atoms with van der Waals surface area (Å²) in [6, 6.07) is 0. The van der Waals surface area contributed by atoms with E-state index in [0.717, 1.165) is 12.8 Å². The molecule has 1 fully saturated rings. The Kier molecular flexibility index (Phi) is 12.1. The molecule has 0 aliphatic carbocycles. The molecule has 1 saturated heterocycles. The summed E-state index contributed by atoms with van der Waals surface area (Å²) in [5.41, 5.74) is 0. The quantitative estimate of drug-likeness (QED) is 0.382. The van der Waals surface area contributed by atoms with E-state index in [-0.39, 0.29) is 37.2 Å². The first-order valence-corrected chi connectivity index (χ1v) is 9.52. The Hall–Kier alpha value is -1.32. The molecule has 1 aliphatic rings. The summed E-state index contributed by atoms with van der Waals surface area (Å²) < 4.78 is 15.8. The number of nitrogens with zero attached hydrogens (tertiary/aromatic N) is 1. The van der Waals surface area contributed by atoms with Crippen LogP contribution in [0.2, 0.25) is 0 Å². The summed E-state index contributed by atoms with van der Waals surface area (Å²) in [4.78, 5) is 35.6. The fourth-order valence-corrected chi connectivity index (χ4v) is 2.52. The Morgan fingerprint density at radius 1 is 1.00 bits per heavy atom. The van der Waals surface area contributed by atoms with Crippen molar-refractivity contribution in [1.82, 2.24) is 10.2 Å². The van der Waals surface area contributed by atoms with E-state index >= 15 is 0 Å². The van der Waals surface area contributed by atoms with Crippen LogP contribution in [0.5, 0.6) is 0 Å². The zero-order valence-corrected chi connectivity index (χ0v) is 16.3. The van der Waals surface area contributed by atoms with Gasteiger partial charge in [0.15, 0.2) is 0 Å². The van der Waals surface area contributed by atoms with Crippen LogP contribution in [0.15, 0.2) is 0 Å². The van der Waals surface area contributed by atoms with Crippen LogP contribution in [0.1, 0.15) is 32.6 Å². The monoisotopic (exact) mass is 390 g/mol. The predicted molar refractivity (Wildman–Crippen MR) is 99.5 cm³/mol. The lowest BCUT2D eigenvalue weighted by Crippen LogP contribution is -2.39. The number of nitrogens with one attached hydrogen (secondary N) is 1. The molecule has 0 saturated carbocycles. The number of ether oxygens (including phenoxy) is 3. The summed E-state index contributed by atoms with van der Waals surface area (Å²) in [6.07, 6.45) is 1.96. The Labute approximate surface area is 160 Å². The zero-order valence-electron chi connectivity index (χ0n) is 15.4. The first-order valence-electron chi connectivity index (χ1n) is 9.00. The van der Waals surface area contributed by atoms with Crippen molar-refractivity contribution in [3.8, 4) is 0 Å². The van der Waals surface area contributed by atoms with Crippen molar-refractivity contribution < 1.29 is 28.6 Å². The Bertz CT molecular complexity index is 441. The number of ketones is 1. The number of piperidine rings is 1. The van der Waals surface area contributed by atoms with Crippen LogP contribution in [0, 0.1) is 0 Å². The van der Waals surface area contributed by atoms with Gasteiger partial charge in [0, 0.05) is 37.7 Å². The maximum atomic E-state index is 11.8. The molecule has 0 spiro atoms. The molecule has 2 amide bonds. The third-order valence-electron chi connectivity index (χ3n) is 3.82. The molecule has 1 rings (SSSR count). The summed E-state index contributed by atoms with van der Waals surface area (Å²) >= 11 is 4.39. The number of Topliss-reactive ketones (excluding diaryl/α,β-unsaturated/α-hetero) is 1. The molecule has 0 atom stereocenters. The average Bonchev–Trinajstić information content (AvgIpc) is 2.61. The largest absolute Gasteiger partial charge is 0.447 e. The molecule has 150 valence electrons. The van der Waals surface area contributed by atoms with Gasteiger partial charge < -0.3 is 29.2 Å². The molecule has 1 N–H and O–H groups in total. The second kappa shape index (κ2) is 13.8. The zero-order chi connectivity index (χ0) is 19.2. The van der Waals surface area contributed by atoms with Crippen molar-refractivity contribution in [1.29, 1.82) is 0 Å². The fourth-order valence-electron chi connectivity index (χ4n) is 2.29. The van der Waals surface area contributed by atoms with Crippen molar-refractivity contribution >= 4 is 30.4 Å². The van der Waals surface area contributed by atoms with Gasteiger partial charge in [0.05, 0.1) is 26.4 Å². The summed E-state index contributed by atoms with van der Waals surface area (Å²) in [6.45, 7) is 4.94. The van der Waals surface area contributed by atoms with E-state index in [0.29, 0.717) is 51.3 Å². The van der Waals surface area contributed by atoms with Crippen molar-refractivity contribution in [2.75, 3.05) is 52.7 Å². The Balaban J connectivity index is 1.85. The molecule has 0 aromatic carbocycles. The van der Waals surface area contributed by atoms with Crippen LogP contribution in [0.3, 0.4) is 0 Å². The van der Waals surface area contributed by atoms with E-state index in [1.165, 1.54) is 6.92 Å². The topological polar surface area (TPSA) is 94.2 Å². The van der Waals surface area contributed by atoms with Gasteiger partial charge in [0.1, 0.15) is 12.4 Å². The average molecular weight is 391 g/mol. The van der Waals surface area contributed by atoms with E-state index in [9.17, 15) is 14.4 Å². The van der Waals surface area contributed by atoms with E-state index in [1.807, 2.05) is 0 Å². The van der Waals surface area contributed by atoms with Gasteiger partial charge in [-0.1, -0.05) is 0 Å². The lowest BCUT2D eigenvalue weighted by atomic mass is 10.1. The van der Waals surface area contributed by atoms with E-state index in [1.54, 1.807) is 4.90 Å². The predicted octanol–water partition coefficient (Wildman–Crippen LogP) is 1.04. The van der Waals surface area contributed by atoms with Crippen LogP contribution in [-0.4, -0.2) is 80.6 Å². The highest BCUT2D eigenvalue weighted by Crippen LogP contribution is 2.15. The molecule has 26 heavy (non-hydrogen) atoms. The minimum Gasteiger partial charge on any atom is -0.447 e. The maximum absolute atomic E-state index is 11.8. The smallest absolute Gasteiger partial charge is 0.409 e. The summed E-state index contributed by atoms with van der Waals surface area (Å²) in [5.74, 6) is -0.151. The molecule has 0 aromatic heterocycles. The minimum absolute atomic E-state index is 0.00135. The van der Waals surface area contributed by atoms with Crippen molar-refractivity contribution in [2.45, 2.75) is 37.9 Å². The van der Waals surface area contributed by atoms with E-state index < -0.39 is 0 Å². The second-order valence-corrected chi connectivity index (χ2v) is 6.84. The summed E-state index contributed by atoms with van der Waals surface area (Å²) in [5, 5.41) is 3.04. The standard InChI is InChI=1S/C17H30N2O6S/c1-14(20)2-3-16(21)18-6-9-23-10-11-24-12-13-25-17(22)19-7-4-15(26)5-8-19/h15,26H,2-13H2,1H3,(H,18,21). The number of thiol groups is 1. The van der Waals surface area contributed by atoms with Gasteiger partial charge in [-0.2, -0.15) is 12.6 Å². The van der Waals surface area contributed by atoms with Crippen LogP contribution < -0.4 is 5.32 Å². The fraction of sp³-hybridized carbons (Fsp3) is 0.824. The highest BCUT2D eigenvalue weighted by molar-refractivity contribution is 7.80. The number of carbonyl (C=O) groups excluding carboxylic acids is 3. The van der Waals surface area contributed by atoms with Crippen LogP contribution in [-0.2, 0) is 23.8 Å². The molecular weight excluding hydrogens is 360 g/mol. The summed E-state index contributed by atoms with van der Waals surface area (Å²) in [7, 11) is 0. The first-order chi connectivity index (χ1) is 12.5. The molecule has 9 heteroatoms. The molecule has 0 unspecified atom stereocenters. The molecule has 1 aliphatic heterocycles. The maximum Gasteiger partial charge on any atom is 0.409 e. The van der Waals surface area contributed by atoms with Crippen molar-refractivity contribution in [3.63, 3.8) is 0 Å². The highest BCUT2D eigenvalue weighted by atomic mass is 32.1. The molecule has 8 nitrogen and oxygen atoms in total. The first kappa shape index (κ1) is 22.7. The number of rotatable bonds is 12. The normalized spacial score (nSPS) is 14.9. The number of carbonyl (C=O) groups is 3. The third-order valence-corrected chi connectivity index (χ3v) is 4.34. The Morgan fingerprint density at radius 3 is 2.27 bits per heavy atom. The van der Waals surface area contributed by atoms with Gasteiger partial charge in [0.25, 0.3) is 0 Å². The third kappa shape index (κ3) is 11.3. The van der Waals surface area contributed by atoms with Crippen molar-refractivity contribution in [2.24, 2.45) is 0 Å². The van der Waals surface area contributed by atoms with Gasteiger partial charge in [0.2, 0.25) is 5.91 Å². The van der Waals surface area contributed by atoms with Crippen LogP contribution >= 0.6 is 12.6 Å². The van der Waals surface area contributed by atoms with E-state index in [4.69, 9.17) is 14.2 Å². The van der Waals surface area contributed by atoms with Gasteiger partial charge in [-0.05, 0) is 19.8 Å². The number of hydrogen-bond donors (Lipinski definition) is 2. The number of hydrogen-bond acceptors (Lipinski definition) is 7. The molecular formula is C17H30N2O6S. The van der Waals surface area contributed by atoms with Gasteiger partial charge in [-0.3, -0.25) is 4.79 Å². The molecule has 0 aromatic rings. The highest BCUT2D eigenvalue weighted by Gasteiger charge is 2.21. The lowest BCUT2D eigenvalue weighted by molar-refractivity contribution is -0.124. The van der Waals surface area contributed by atoms with Gasteiger partial charge in [-0.25, -0.2) is 4.79 Å². The molecule has 0 radical (unpaired) electrons. The second-order valence-electron chi connectivity index (χ2n) is 6.11. The van der Waals surface area contributed by atoms with E-state index in [2.05, 4.69) is 17.9 Å². The number of likely N-dealkylation sites (tertiary alicyclic amines) is 1. The SMILES string of the molecule is CC(=O)CCC(=O)NCCOCCOCCOC(=O)N1CCC(S)CC1. The van der Waals surface area contributed by atoms with Gasteiger partial charge in [-0.15, -0.1) is 0 Å². The van der Waals surface area contributed by atoms with Crippen LogP contribution in [0.4, 0.5) is 4.79 Å². The number of amides is 2. The van der Waals surface area contributed by atoms with Gasteiger partial charge >= 0.3 is 6.09 Å². The molecule has 1 heterocycles. The molecule has 0 bridgehead atoms. The lowest BCUT2D eigenvalue weighted by Gasteiger charge is -2.28. The van der Waals surface area contributed by atoms with Crippen molar-refractivity contribution in [3.05, 3.63) is 0 Å². The minimum atomic E-state index is -0.300.